The summed E-state index contributed by atoms with van der Waals surface area (Å²) in [5, 5.41) is 14.3. The Morgan fingerprint density at radius 1 is 1.27 bits per heavy atom. The van der Waals surface area contributed by atoms with E-state index >= 15 is 0 Å². The highest BCUT2D eigenvalue weighted by Gasteiger charge is 2.32. The number of esters is 1. The zero-order valence-electron chi connectivity index (χ0n) is 18.6. The zero-order valence-corrected chi connectivity index (χ0v) is 19.4. The number of methoxy groups -OCH3 is 1. The van der Waals surface area contributed by atoms with E-state index in [0.29, 0.717) is 23.3 Å². The highest BCUT2D eigenvalue weighted by atomic mass is 32.2. The normalized spacial score (nSPS) is 14.0. The van der Waals surface area contributed by atoms with E-state index in [4.69, 9.17) is 10.1 Å². The Kier molecular flexibility index (Phi) is 8.32. The Bertz CT molecular complexity index is 1050. The van der Waals surface area contributed by atoms with Gasteiger partial charge in [0.2, 0.25) is 5.91 Å². The average Bonchev–Trinajstić information content (AvgIpc) is 3.57. The van der Waals surface area contributed by atoms with E-state index in [1.54, 1.807) is 23.9 Å². The maximum Gasteiger partial charge on any atom is 0.325 e. The third-order valence-electron chi connectivity index (χ3n) is 5.34. The van der Waals surface area contributed by atoms with Gasteiger partial charge in [-0.05, 0) is 49.5 Å². The van der Waals surface area contributed by atoms with Crippen LogP contribution in [0.1, 0.15) is 60.4 Å². The number of imidazole rings is 1. The van der Waals surface area contributed by atoms with Crippen LogP contribution >= 0.6 is 11.8 Å². The lowest BCUT2D eigenvalue weighted by molar-refractivity contribution is -0.139. The van der Waals surface area contributed by atoms with Gasteiger partial charge in [0, 0.05) is 18.0 Å². The smallest absolute Gasteiger partial charge is 0.325 e. The van der Waals surface area contributed by atoms with Crippen LogP contribution in [-0.4, -0.2) is 64.1 Å². The highest BCUT2D eigenvalue weighted by molar-refractivity contribution is 7.98. The van der Waals surface area contributed by atoms with Crippen LogP contribution in [0.25, 0.3) is 11.0 Å². The van der Waals surface area contributed by atoms with E-state index in [9.17, 15) is 19.2 Å². The van der Waals surface area contributed by atoms with Gasteiger partial charge in [0.05, 0.1) is 30.6 Å². The van der Waals surface area contributed by atoms with Crippen LogP contribution in [0.15, 0.2) is 18.2 Å². The molecule has 1 aliphatic rings. The van der Waals surface area contributed by atoms with Crippen molar-refractivity contribution >= 4 is 46.5 Å². The second-order valence-electron chi connectivity index (χ2n) is 7.83. The number of aromatic nitrogens is 2. The number of amides is 2. The average molecular weight is 477 g/mol. The van der Waals surface area contributed by atoms with Gasteiger partial charge in [0.25, 0.3) is 5.91 Å². The number of fused-ring (bicyclic) bond motifs is 1. The summed E-state index contributed by atoms with van der Waals surface area (Å²) in [4.78, 5) is 51.7. The van der Waals surface area contributed by atoms with E-state index in [1.165, 1.54) is 7.11 Å². The fourth-order valence-corrected chi connectivity index (χ4v) is 4.01. The van der Waals surface area contributed by atoms with Gasteiger partial charge >= 0.3 is 11.9 Å². The van der Waals surface area contributed by atoms with Crippen molar-refractivity contribution in [3.63, 3.8) is 0 Å². The minimum absolute atomic E-state index is 0.0979. The molecule has 1 fully saturated rings. The number of hydrogen-bond donors (Lipinski definition) is 3. The van der Waals surface area contributed by atoms with Crippen LogP contribution in [0, 0.1) is 0 Å². The second-order valence-corrected chi connectivity index (χ2v) is 8.81. The molecule has 0 aliphatic heterocycles. The summed E-state index contributed by atoms with van der Waals surface area (Å²) in [6.07, 6.45) is 4.29. The molecule has 33 heavy (non-hydrogen) atoms. The Morgan fingerprint density at radius 2 is 2.03 bits per heavy atom. The molecule has 2 aromatic rings. The van der Waals surface area contributed by atoms with Crippen molar-refractivity contribution in [1.82, 2.24) is 20.2 Å². The maximum atomic E-state index is 12.4. The molecule has 1 aromatic heterocycles. The van der Waals surface area contributed by atoms with Crippen LogP contribution in [0.2, 0.25) is 0 Å². The van der Waals surface area contributed by atoms with Crippen LogP contribution in [0.5, 0.6) is 0 Å². The van der Waals surface area contributed by atoms with Crippen molar-refractivity contribution in [2.24, 2.45) is 0 Å². The Morgan fingerprint density at radius 3 is 2.67 bits per heavy atom. The predicted octanol–water partition coefficient (Wildman–Crippen LogP) is 2.05. The Balaban J connectivity index is 1.89. The Hall–Kier alpha value is -3.08. The molecule has 178 valence electrons. The lowest BCUT2D eigenvalue weighted by atomic mass is 10.2. The second kappa shape index (κ2) is 11.2. The molecule has 3 rings (SSSR count). The molecule has 1 aromatic carbocycles. The van der Waals surface area contributed by atoms with Gasteiger partial charge in [-0.15, -0.1) is 0 Å². The molecule has 3 N–H and O–H groups in total. The van der Waals surface area contributed by atoms with Crippen LogP contribution in [0.3, 0.4) is 0 Å². The fraction of sp³-hybridized carbons (Fsp3) is 0.500. The zero-order chi connectivity index (χ0) is 24.0. The third kappa shape index (κ3) is 6.47. The largest absolute Gasteiger partial charge is 0.481 e. The highest BCUT2D eigenvalue weighted by Crippen LogP contribution is 2.40. The lowest BCUT2D eigenvalue weighted by Gasteiger charge is -2.20. The maximum absolute atomic E-state index is 12.4. The lowest BCUT2D eigenvalue weighted by Crippen LogP contribution is -2.31. The minimum atomic E-state index is -1.02. The summed E-state index contributed by atoms with van der Waals surface area (Å²) in [5.74, 6) is -0.809. The van der Waals surface area contributed by atoms with Gasteiger partial charge in [0.1, 0.15) is 12.4 Å². The molecule has 1 heterocycles. The van der Waals surface area contributed by atoms with Crippen LogP contribution < -0.4 is 10.6 Å². The molecular formula is C22H28N4O6S. The first-order valence-corrected chi connectivity index (χ1v) is 12.1. The molecule has 1 atom stereocenters. The molecule has 0 bridgehead atoms. The number of aliphatic carboxylic acids is 1. The summed E-state index contributed by atoms with van der Waals surface area (Å²) in [6, 6.07) is 5.08. The number of benzene rings is 1. The van der Waals surface area contributed by atoms with Crippen molar-refractivity contribution in [3.8, 4) is 0 Å². The number of carbonyl (C=O) groups excluding carboxylic acids is 3. The molecule has 1 saturated carbocycles. The molecule has 2 amide bonds. The SMILES string of the molecule is COC(=O)CNC(=O)c1ccc2c(c1)nc(C(CCSC)NC(=O)CCC(=O)O)n2C1CC1. The fourth-order valence-electron chi connectivity index (χ4n) is 3.54. The summed E-state index contributed by atoms with van der Waals surface area (Å²) in [7, 11) is 1.25. The topological polar surface area (TPSA) is 140 Å². The molecule has 0 spiro atoms. The first-order valence-electron chi connectivity index (χ1n) is 10.7. The van der Waals surface area contributed by atoms with Gasteiger partial charge in [0.15, 0.2) is 0 Å². The summed E-state index contributed by atoms with van der Waals surface area (Å²) in [6.45, 7) is -0.228. The molecule has 0 saturated heterocycles. The Labute approximate surface area is 195 Å². The third-order valence-corrected chi connectivity index (χ3v) is 5.98. The van der Waals surface area contributed by atoms with Gasteiger partial charge in [-0.1, -0.05) is 0 Å². The van der Waals surface area contributed by atoms with Gasteiger partial charge in [-0.2, -0.15) is 11.8 Å². The van der Waals surface area contributed by atoms with Crippen LogP contribution in [-0.2, 0) is 19.1 Å². The number of ether oxygens (including phenoxy) is 1. The van der Waals surface area contributed by atoms with Gasteiger partial charge in [-0.3, -0.25) is 19.2 Å². The molecule has 0 radical (unpaired) electrons. The number of carbonyl (C=O) groups is 4. The summed E-state index contributed by atoms with van der Waals surface area (Å²) >= 11 is 1.65. The van der Waals surface area contributed by atoms with Gasteiger partial charge < -0.3 is 25.0 Å². The van der Waals surface area contributed by atoms with Gasteiger partial charge in [-0.25, -0.2) is 4.98 Å². The van der Waals surface area contributed by atoms with Crippen molar-refractivity contribution in [2.45, 2.75) is 44.2 Å². The number of thioether (sulfide) groups is 1. The summed E-state index contributed by atoms with van der Waals surface area (Å²) in [5.41, 5.74) is 1.85. The number of carboxylic acids is 1. The van der Waals surface area contributed by atoms with E-state index in [-0.39, 0.29) is 37.4 Å². The number of rotatable bonds is 12. The van der Waals surface area contributed by atoms with E-state index in [0.717, 1.165) is 24.1 Å². The molecular weight excluding hydrogens is 448 g/mol. The molecule has 1 aliphatic carbocycles. The van der Waals surface area contributed by atoms with E-state index in [2.05, 4.69) is 19.9 Å². The molecule has 11 heteroatoms. The predicted molar refractivity (Wildman–Crippen MR) is 123 cm³/mol. The molecule has 1 unspecified atom stereocenters. The summed E-state index contributed by atoms with van der Waals surface area (Å²) < 4.78 is 6.66. The van der Waals surface area contributed by atoms with Crippen molar-refractivity contribution < 1.29 is 29.0 Å². The number of nitrogens with zero attached hydrogens (tertiary/aromatic N) is 2. The van der Waals surface area contributed by atoms with E-state index < -0.39 is 17.8 Å². The first-order chi connectivity index (χ1) is 15.8. The van der Waals surface area contributed by atoms with Crippen molar-refractivity contribution in [2.75, 3.05) is 25.7 Å². The standard InChI is InChI=1S/C22H28N4O6S/c1-32-20(30)12-23-22(31)13-3-6-17-16(11-13)25-21(26(17)14-4-5-14)15(9-10-33-2)24-18(27)7-8-19(28)29/h3,6,11,14-15H,4-5,7-10,12H2,1-2H3,(H,23,31)(H,24,27)(H,28,29). The van der Waals surface area contributed by atoms with Crippen molar-refractivity contribution in [3.05, 3.63) is 29.6 Å². The van der Waals surface area contributed by atoms with Crippen molar-refractivity contribution in [1.29, 1.82) is 0 Å². The quantitative estimate of drug-likeness (QED) is 0.396. The van der Waals surface area contributed by atoms with Crippen LogP contribution in [0.4, 0.5) is 0 Å². The molecule has 10 nitrogen and oxygen atoms in total. The number of nitrogens with one attached hydrogen (secondary N) is 2. The first kappa shape index (κ1) is 24.6. The number of hydrogen-bond acceptors (Lipinski definition) is 7. The number of carboxylic acid groups (broad SMARTS) is 1. The monoisotopic (exact) mass is 476 g/mol. The van der Waals surface area contributed by atoms with E-state index in [1.807, 2.05) is 12.3 Å². The minimum Gasteiger partial charge on any atom is -0.481 e.